The normalized spacial score (nSPS) is 11.5. The van der Waals surface area contributed by atoms with Gasteiger partial charge in [0.15, 0.2) is 0 Å². The summed E-state index contributed by atoms with van der Waals surface area (Å²) in [5.41, 5.74) is 3.82. The van der Waals surface area contributed by atoms with E-state index in [0.29, 0.717) is 0 Å². The predicted molar refractivity (Wildman–Crippen MR) is 77.0 cm³/mol. The SMILES string of the molecule is c1ccc(-c2cc3[nH]c4ccsc4c3s2)cc1. The molecule has 0 unspecified atom stereocenters. The Balaban J connectivity index is 2.01. The summed E-state index contributed by atoms with van der Waals surface area (Å²) in [5, 5.41) is 2.14. The fourth-order valence-corrected chi connectivity index (χ4v) is 4.27. The lowest BCUT2D eigenvalue weighted by Crippen LogP contribution is -1.68. The molecular formula is C14H9NS2. The molecule has 0 radical (unpaired) electrons. The molecule has 0 atom stereocenters. The molecule has 0 amide bonds. The van der Waals surface area contributed by atoms with Crippen LogP contribution in [-0.2, 0) is 0 Å². The van der Waals surface area contributed by atoms with Gasteiger partial charge in [0.1, 0.15) is 0 Å². The molecule has 0 aliphatic carbocycles. The summed E-state index contributed by atoms with van der Waals surface area (Å²) in [6, 6.07) is 15.0. The molecule has 3 heteroatoms. The van der Waals surface area contributed by atoms with E-state index < -0.39 is 0 Å². The summed E-state index contributed by atoms with van der Waals surface area (Å²) in [6.07, 6.45) is 0. The molecule has 0 saturated carbocycles. The van der Waals surface area contributed by atoms with Gasteiger partial charge in [-0.3, -0.25) is 0 Å². The van der Waals surface area contributed by atoms with Gasteiger partial charge in [-0.1, -0.05) is 30.3 Å². The minimum Gasteiger partial charge on any atom is -0.353 e. The van der Waals surface area contributed by atoms with Gasteiger partial charge in [0.05, 0.1) is 20.4 Å². The molecule has 17 heavy (non-hydrogen) atoms. The van der Waals surface area contributed by atoms with E-state index in [1.165, 1.54) is 30.9 Å². The molecule has 3 heterocycles. The Morgan fingerprint density at radius 1 is 0.882 bits per heavy atom. The maximum atomic E-state index is 3.47. The summed E-state index contributed by atoms with van der Waals surface area (Å²) in [7, 11) is 0. The van der Waals surface area contributed by atoms with E-state index in [1.54, 1.807) is 0 Å². The first kappa shape index (κ1) is 9.45. The number of aromatic nitrogens is 1. The second-order valence-electron chi connectivity index (χ2n) is 4.01. The summed E-state index contributed by atoms with van der Waals surface area (Å²) >= 11 is 3.68. The molecule has 1 N–H and O–H groups in total. The van der Waals surface area contributed by atoms with Crippen molar-refractivity contribution in [1.82, 2.24) is 4.98 Å². The van der Waals surface area contributed by atoms with E-state index in [0.717, 1.165) is 0 Å². The molecule has 1 aromatic carbocycles. The highest BCUT2D eigenvalue weighted by Gasteiger charge is 2.10. The number of fused-ring (bicyclic) bond motifs is 3. The number of hydrogen-bond donors (Lipinski definition) is 1. The van der Waals surface area contributed by atoms with Gasteiger partial charge in [-0.25, -0.2) is 0 Å². The number of nitrogens with one attached hydrogen (secondary N) is 1. The minimum absolute atomic E-state index is 1.26. The Kier molecular flexibility index (Phi) is 1.92. The van der Waals surface area contributed by atoms with Crippen LogP contribution < -0.4 is 0 Å². The maximum Gasteiger partial charge on any atom is 0.0705 e. The van der Waals surface area contributed by atoms with E-state index in [4.69, 9.17) is 0 Å². The van der Waals surface area contributed by atoms with Crippen molar-refractivity contribution >= 4 is 43.1 Å². The number of thiophene rings is 2. The van der Waals surface area contributed by atoms with Crippen LogP contribution in [0.4, 0.5) is 0 Å². The van der Waals surface area contributed by atoms with Crippen LogP contribution in [0.15, 0.2) is 47.8 Å². The molecule has 0 aliphatic rings. The Morgan fingerprint density at radius 2 is 1.76 bits per heavy atom. The Bertz CT molecular complexity index is 789. The highest BCUT2D eigenvalue weighted by Crippen LogP contribution is 2.39. The minimum atomic E-state index is 1.26. The van der Waals surface area contributed by atoms with Gasteiger partial charge in [0.25, 0.3) is 0 Å². The van der Waals surface area contributed by atoms with Gasteiger partial charge in [0.2, 0.25) is 0 Å². The standard InChI is InChI=1S/C14H9NS2/c1-2-4-9(5-3-1)12-8-11-14(17-12)13-10(15-11)6-7-16-13/h1-8,15H. The molecule has 4 aromatic rings. The van der Waals surface area contributed by atoms with Crippen LogP contribution in [0, 0.1) is 0 Å². The zero-order chi connectivity index (χ0) is 11.2. The van der Waals surface area contributed by atoms with Crippen molar-refractivity contribution in [3.8, 4) is 10.4 Å². The van der Waals surface area contributed by atoms with Gasteiger partial charge >= 0.3 is 0 Å². The highest BCUT2D eigenvalue weighted by atomic mass is 32.1. The largest absolute Gasteiger partial charge is 0.353 e. The third-order valence-electron chi connectivity index (χ3n) is 2.93. The van der Waals surface area contributed by atoms with Crippen molar-refractivity contribution < 1.29 is 0 Å². The number of aromatic amines is 1. The van der Waals surface area contributed by atoms with Crippen molar-refractivity contribution in [3.63, 3.8) is 0 Å². The third-order valence-corrected chi connectivity index (χ3v) is 5.19. The first-order valence-electron chi connectivity index (χ1n) is 5.46. The van der Waals surface area contributed by atoms with Crippen LogP contribution in [0.25, 0.3) is 30.9 Å². The van der Waals surface area contributed by atoms with Crippen molar-refractivity contribution in [1.29, 1.82) is 0 Å². The smallest absolute Gasteiger partial charge is 0.0705 e. The Hall–Kier alpha value is -1.58. The average molecular weight is 255 g/mol. The molecule has 0 saturated heterocycles. The van der Waals surface area contributed by atoms with Crippen LogP contribution in [0.2, 0.25) is 0 Å². The topological polar surface area (TPSA) is 15.8 Å². The number of hydrogen-bond acceptors (Lipinski definition) is 2. The van der Waals surface area contributed by atoms with Crippen LogP contribution in [-0.4, -0.2) is 4.98 Å². The fraction of sp³-hybridized carbons (Fsp3) is 0. The monoisotopic (exact) mass is 255 g/mol. The van der Waals surface area contributed by atoms with Crippen molar-refractivity contribution in [3.05, 3.63) is 47.8 Å². The quantitative estimate of drug-likeness (QED) is 0.486. The maximum absolute atomic E-state index is 3.47. The second-order valence-corrected chi connectivity index (χ2v) is 5.98. The van der Waals surface area contributed by atoms with Gasteiger partial charge in [-0.05, 0) is 23.1 Å². The zero-order valence-electron chi connectivity index (χ0n) is 8.94. The summed E-state index contributed by atoms with van der Waals surface area (Å²) in [4.78, 5) is 4.80. The molecule has 0 spiro atoms. The second kappa shape index (κ2) is 3.45. The van der Waals surface area contributed by atoms with Crippen molar-refractivity contribution in [2.24, 2.45) is 0 Å². The molecule has 0 aliphatic heterocycles. The lowest BCUT2D eigenvalue weighted by atomic mass is 10.2. The molecule has 4 rings (SSSR count). The Morgan fingerprint density at radius 3 is 2.65 bits per heavy atom. The molecule has 0 bridgehead atoms. The van der Waals surface area contributed by atoms with E-state index >= 15 is 0 Å². The molecular weight excluding hydrogens is 246 g/mol. The zero-order valence-corrected chi connectivity index (χ0v) is 10.6. The number of H-pyrrole nitrogens is 1. The van der Waals surface area contributed by atoms with Gasteiger partial charge in [-0.2, -0.15) is 0 Å². The van der Waals surface area contributed by atoms with Crippen molar-refractivity contribution in [2.75, 3.05) is 0 Å². The molecule has 82 valence electrons. The first-order valence-corrected chi connectivity index (χ1v) is 7.15. The summed E-state index contributed by atoms with van der Waals surface area (Å²) < 4.78 is 2.76. The lowest BCUT2D eigenvalue weighted by molar-refractivity contribution is 1.57. The van der Waals surface area contributed by atoms with Crippen LogP contribution in [0.1, 0.15) is 0 Å². The van der Waals surface area contributed by atoms with Gasteiger partial charge in [0, 0.05) is 4.88 Å². The first-order chi connectivity index (χ1) is 8.42. The summed E-state index contributed by atoms with van der Waals surface area (Å²) in [5.74, 6) is 0. The van der Waals surface area contributed by atoms with Gasteiger partial charge < -0.3 is 4.98 Å². The van der Waals surface area contributed by atoms with E-state index in [9.17, 15) is 0 Å². The fourth-order valence-electron chi connectivity index (χ4n) is 2.13. The van der Waals surface area contributed by atoms with Crippen LogP contribution in [0.5, 0.6) is 0 Å². The van der Waals surface area contributed by atoms with Crippen LogP contribution in [0.3, 0.4) is 0 Å². The summed E-state index contributed by atoms with van der Waals surface area (Å²) in [6.45, 7) is 0. The molecule has 0 fully saturated rings. The third kappa shape index (κ3) is 1.36. The average Bonchev–Trinajstić information content (AvgIpc) is 3.00. The number of benzene rings is 1. The van der Waals surface area contributed by atoms with E-state index in [-0.39, 0.29) is 0 Å². The molecule has 1 nitrogen and oxygen atoms in total. The van der Waals surface area contributed by atoms with Crippen LogP contribution >= 0.6 is 22.7 Å². The van der Waals surface area contributed by atoms with Crippen molar-refractivity contribution in [2.45, 2.75) is 0 Å². The lowest BCUT2D eigenvalue weighted by Gasteiger charge is -1.94. The van der Waals surface area contributed by atoms with E-state index in [2.05, 4.69) is 52.8 Å². The number of rotatable bonds is 1. The van der Waals surface area contributed by atoms with E-state index in [1.807, 2.05) is 22.7 Å². The predicted octanol–water partition coefficient (Wildman–Crippen LogP) is 5.11. The van der Waals surface area contributed by atoms with Gasteiger partial charge in [-0.15, -0.1) is 22.7 Å². The molecule has 3 aromatic heterocycles. The Labute approximate surface area is 106 Å². The highest BCUT2D eigenvalue weighted by molar-refractivity contribution is 7.28.